The first-order valence-corrected chi connectivity index (χ1v) is 3.28. The first-order valence-electron chi connectivity index (χ1n) is 3.28. The van der Waals surface area contributed by atoms with Crippen molar-refractivity contribution in [2.75, 3.05) is 21.2 Å². The zero-order valence-electron chi connectivity index (χ0n) is 7.00. The topological polar surface area (TPSA) is 29.5 Å². The molecule has 60 valence electrons. The van der Waals surface area contributed by atoms with Crippen molar-refractivity contribution in [3.05, 3.63) is 0 Å². The van der Waals surface area contributed by atoms with Crippen LogP contribution in [0.25, 0.3) is 0 Å². The molecule has 0 N–H and O–H groups in total. The van der Waals surface area contributed by atoms with Gasteiger partial charge in [0.2, 0.25) is 0 Å². The van der Waals surface area contributed by atoms with E-state index in [4.69, 9.17) is 4.74 Å². The van der Waals surface area contributed by atoms with Crippen LogP contribution < -0.4 is 0 Å². The Balaban J connectivity index is 3.92. The van der Waals surface area contributed by atoms with Crippen LogP contribution in [-0.4, -0.2) is 44.5 Å². The Morgan fingerprint density at radius 2 is 2.00 bits per heavy atom. The van der Waals surface area contributed by atoms with Crippen LogP contribution in [0.4, 0.5) is 0 Å². The van der Waals surface area contributed by atoms with E-state index >= 15 is 0 Å². The number of carbonyl (C=O) groups is 1. The van der Waals surface area contributed by atoms with Crippen molar-refractivity contribution in [1.29, 1.82) is 0 Å². The summed E-state index contributed by atoms with van der Waals surface area (Å²) in [6.45, 7) is 1.87. The van der Waals surface area contributed by atoms with Gasteiger partial charge in [-0.1, -0.05) is 0 Å². The molecule has 2 unspecified atom stereocenters. The largest absolute Gasteiger partial charge is 0.380 e. The van der Waals surface area contributed by atoms with Crippen LogP contribution in [0.15, 0.2) is 0 Å². The Kier molecular flexibility index (Phi) is 4.23. The monoisotopic (exact) mass is 145 g/mol. The van der Waals surface area contributed by atoms with Crippen LogP contribution in [0, 0.1) is 0 Å². The molecule has 0 aromatic rings. The second-order valence-corrected chi connectivity index (χ2v) is 2.53. The number of aldehydes is 1. The third-order valence-electron chi connectivity index (χ3n) is 1.59. The summed E-state index contributed by atoms with van der Waals surface area (Å²) in [6.07, 6.45) is 0.862. The standard InChI is InChI=1S/C7H15NO2/c1-6(10-4)7(5-9)8(2)3/h5-7H,1-4H3. The highest BCUT2D eigenvalue weighted by Crippen LogP contribution is 1.99. The number of methoxy groups -OCH3 is 1. The maximum absolute atomic E-state index is 10.4. The van der Waals surface area contributed by atoms with Crippen LogP contribution in [0.2, 0.25) is 0 Å². The normalized spacial score (nSPS) is 16.9. The molecule has 0 bridgehead atoms. The predicted molar refractivity (Wildman–Crippen MR) is 40.0 cm³/mol. The van der Waals surface area contributed by atoms with Crippen LogP contribution in [0.5, 0.6) is 0 Å². The summed E-state index contributed by atoms with van der Waals surface area (Å²) in [7, 11) is 5.31. The molecule has 0 aliphatic rings. The van der Waals surface area contributed by atoms with Gasteiger partial charge in [-0.25, -0.2) is 0 Å². The van der Waals surface area contributed by atoms with Crippen molar-refractivity contribution < 1.29 is 9.53 Å². The number of rotatable bonds is 4. The van der Waals surface area contributed by atoms with Crippen LogP contribution >= 0.6 is 0 Å². The molecule has 0 fully saturated rings. The SMILES string of the molecule is COC(C)C(C=O)N(C)C. The molecule has 0 aliphatic carbocycles. The van der Waals surface area contributed by atoms with Crippen LogP contribution in [0.1, 0.15) is 6.92 Å². The lowest BCUT2D eigenvalue weighted by atomic mass is 10.2. The van der Waals surface area contributed by atoms with Gasteiger partial charge in [0.1, 0.15) is 6.29 Å². The molecule has 0 heterocycles. The third-order valence-corrected chi connectivity index (χ3v) is 1.59. The Morgan fingerprint density at radius 1 is 1.50 bits per heavy atom. The van der Waals surface area contributed by atoms with E-state index in [1.54, 1.807) is 7.11 Å². The molecule has 10 heavy (non-hydrogen) atoms. The van der Waals surface area contributed by atoms with Crippen molar-refractivity contribution in [3.63, 3.8) is 0 Å². The molecule has 0 saturated carbocycles. The van der Waals surface area contributed by atoms with Crippen molar-refractivity contribution in [2.45, 2.75) is 19.1 Å². The van der Waals surface area contributed by atoms with Crippen LogP contribution in [0.3, 0.4) is 0 Å². The molecule has 0 aromatic carbocycles. The van der Waals surface area contributed by atoms with Gasteiger partial charge in [0.15, 0.2) is 0 Å². The minimum absolute atomic E-state index is 0.0347. The molecular weight excluding hydrogens is 130 g/mol. The fourth-order valence-electron chi connectivity index (χ4n) is 0.792. The Bertz CT molecular complexity index is 104. The lowest BCUT2D eigenvalue weighted by molar-refractivity contribution is -0.115. The zero-order valence-corrected chi connectivity index (χ0v) is 7.00. The highest BCUT2D eigenvalue weighted by molar-refractivity contribution is 5.58. The smallest absolute Gasteiger partial charge is 0.139 e. The fraction of sp³-hybridized carbons (Fsp3) is 0.857. The fourth-order valence-corrected chi connectivity index (χ4v) is 0.792. The van der Waals surface area contributed by atoms with Gasteiger partial charge < -0.3 is 9.53 Å². The summed E-state index contributed by atoms with van der Waals surface area (Å²) in [5, 5.41) is 0. The molecule has 0 amide bonds. The molecule has 0 saturated heterocycles. The summed E-state index contributed by atoms with van der Waals surface area (Å²) in [5.41, 5.74) is 0. The zero-order chi connectivity index (χ0) is 8.15. The van der Waals surface area contributed by atoms with Gasteiger partial charge >= 0.3 is 0 Å². The molecule has 3 heteroatoms. The summed E-state index contributed by atoms with van der Waals surface area (Å²) in [4.78, 5) is 12.3. The predicted octanol–water partition coefficient (Wildman–Crippen LogP) is 0.150. The highest BCUT2D eigenvalue weighted by Gasteiger charge is 2.17. The van der Waals surface area contributed by atoms with E-state index in [2.05, 4.69) is 0 Å². The molecule has 0 spiro atoms. The lowest BCUT2D eigenvalue weighted by Gasteiger charge is -2.23. The van der Waals surface area contributed by atoms with E-state index in [1.807, 2.05) is 25.9 Å². The van der Waals surface area contributed by atoms with E-state index in [1.165, 1.54) is 0 Å². The number of nitrogens with zero attached hydrogens (tertiary/aromatic N) is 1. The van der Waals surface area contributed by atoms with Gasteiger partial charge in [0.25, 0.3) is 0 Å². The second kappa shape index (κ2) is 4.41. The second-order valence-electron chi connectivity index (χ2n) is 2.53. The Hall–Kier alpha value is -0.410. The Labute approximate surface area is 62.0 Å². The number of hydrogen-bond acceptors (Lipinski definition) is 3. The van der Waals surface area contributed by atoms with Gasteiger partial charge in [0, 0.05) is 7.11 Å². The van der Waals surface area contributed by atoms with Gasteiger partial charge in [-0.2, -0.15) is 0 Å². The molecule has 0 aromatic heterocycles. The third kappa shape index (κ3) is 2.45. The first kappa shape index (κ1) is 9.59. The average Bonchev–Trinajstić information content (AvgIpc) is 1.88. The quantitative estimate of drug-likeness (QED) is 0.527. The Morgan fingerprint density at radius 3 is 2.10 bits per heavy atom. The number of carbonyl (C=O) groups excluding carboxylic acids is 1. The van der Waals surface area contributed by atoms with E-state index < -0.39 is 0 Å². The number of likely N-dealkylation sites (N-methyl/N-ethyl adjacent to an activating group) is 1. The summed E-state index contributed by atoms with van der Waals surface area (Å²) in [5.74, 6) is 0. The first-order chi connectivity index (χ1) is 4.63. The van der Waals surface area contributed by atoms with Gasteiger partial charge in [0.05, 0.1) is 12.1 Å². The van der Waals surface area contributed by atoms with E-state index in [-0.39, 0.29) is 12.1 Å². The maximum Gasteiger partial charge on any atom is 0.139 e. The molecule has 3 nitrogen and oxygen atoms in total. The minimum atomic E-state index is -0.134. The highest BCUT2D eigenvalue weighted by atomic mass is 16.5. The van der Waals surface area contributed by atoms with Gasteiger partial charge in [-0.3, -0.25) is 4.90 Å². The van der Waals surface area contributed by atoms with E-state index in [0.717, 1.165) is 6.29 Å². The van der Waals surface area contributed by atoms with E-state index in [9.17, 15) is 4.79 Å². The molecule has 0 aliphatic heterocycles. The maximum atomic E-state index is 10.4. The van der Waals surface area contributed by atoms with E-state index in [0.29, 0.717) is 0 Å². The number of hydrogen-bond donors (Lipinski definition) is 0. The minimum Gasteiger partial charge on any atom is -0.380 e. The molecular formula is C7H15NO2. The van der Waals surface area contributed by atoms with Crippen LogP contribution in [-0.2, 0) is 9.53 Å². The lowest BCUT2D eigenvalue weighted by Crippen LogP contribution is -2.39. The van der Waals surface area contributed by atoms with Crippen molar-refractivity contribution in [2.24, 2.45) is 0 Å². The van der Waals surface area contributed by atoms with Gasteiger partial charge in [-0.05, 0) is 21.0 Å². The summed E-state index contributed by atoms with van der Waals surface area (Å²) >= 11 is 0. The number of ether oxygens (including phenoxy) is 1. The summed E-state index contributed by atoms with van der Waals surface area (Å²) in [6, 6.07) is -0.134. The molecule has 2 atom stereocenters. The average molecular weight is 145 g/mol. The summed E-state index contributed by atoms with van der Waals surface area (Å²) < 4.78 is 4.99. The van der Waals surface area contributed by atoms with Crippen molar-refractivity contribution in [1.82, 2.24) is 4.90 Å². The van der Waals surface area contributed by atoms with Crippen molar-refractivity contribution >= 4 is 6.29 Å². The van der Waals surface area contributed by atoms with Gasteiger partial charge in [-0.15, -0.1) is 0 Å². The molecule has 0 rings (SSSR count). The molecule has 0 radical (unpaired) electrons. The van der Waals surface area contributed by atoms with Crippen molar-refractivity contribution in [3.8, 4) is 0 Å².